The fourth-order valence-electron chi connectivity index (χ4n) is 2.49. The van der Waals surface area contributed by atoms with Crippen LogP contribution in [0.2, 0.25) is 0 Å². The molecule has 0 heterocycles. The molecule has 5 heteroatoms. The summed E-state index contributed by atoms with van der Waals surface area (Å²) in [6.45, 7) is 0. The van der Waals surface area contributed by atoms with E-state index in [4.69, 9.17) is 5.11 Å². The van der Waals surface area contributed by atoms with Gasteiger partial charge in [-0.15, -0.1) is 0 Å². The van der Waals surface area contributed by atoms with Gasteiger partial charge in [-0.3, -0.25) is 9.59 Å². The van der Waals surface area contributed by atoms with Crippen molar-refractivity contribution in [3.8, 4) is 0 Å². The minimum absolute atomic E-state index is 0.0424. The Bertz CT molecular complexity index is 658. The number of benzene rings is 2. The summed E-state index contributed by atoms with van der Waals surface area (Å²) >= 11 is 0. The molecule has 3 N–H and O–H groups in total. The maximum Gasteiger partial charge on any atom is 0.303 e. The number of rotatable bonds is 8. The van der Waals surface area contributed by atoms with Gasteiger partial charge in [0, 0.05) is 12.5 Å². The third-order valence-electron chi connectivity index (χ3n) is 3.74. The minimum Gasteiger partial charge on any atom is -0.481 e. The second-order valence-electron chi connectivity index (χ2n) is 5.64. The average Bonchev–Trinajstić information content (AvgIpc) is 2.60. The molecule has 0 saturated carbocycles. The number of aliphatic hydroxyl groups excluding tert-OH is 1. The zero-order chi connectivity index (χ0) is 17.4. The van der Waals surface area contributed by atoms with Gasteiger partial charge in [-0.1, -0.05) is 60.7 Å². The van der Waals surface area contributed by atoms with Crippen molar-refractivity contribution in [2.75, 3.05) is 0 Å². The van der Waals surface area contributed by atoms with Crippen LogP contribution in [0, 0.1) is 0 Å². The van der Waals surface area contributed by atoms with E-state index in [-0.39, 0.29) is 12.5 Å². The molecule has 2 aromatic carbocycles. The van der Waals surface area contributed by atoms with E-state index < -0.39 is 18.0 Å². The summed E-state index contributed by atoms with van der Waals surface area (Å²) in [5.41, 5.74) is 1.51. The Morgan fingerprint density at radius 1 is 0.958 bits per heavy atom. The monoisotopic (exact) mass is 327 g/mol. The van der Waals surface area contributed by atoms with Gasteiger partial charge in [0.25, 0.3) is 5.91 Å². The average molecular weight is 327 g/mol. The molecule has 0 radical (unpaired) electrons. The van der Waals surface area contributed by atoms with Crippen molar-refractivity contribution in [2.24, 2.45) is 0 Å². The number of hydrogen-bond acceptors (Lipinski definition) is 3. The van der Waals surface area contributed by atoms with E-state index in [1.165, 1.54) is 0 Å². The second-order valence-corrected chi connectivity index (χ2v) is 5.64. The first kappa shape index (κ1) is 17.7. The normalized spacial score (nSPS) is 13.0. The molecule has 2 aromatic rings. The van der Waals surface area contributed by atoms with E-state index in [0.29, 0.717) is 18.4 Å². The molecular weight excluding hydrogens is 306 g/mol. The number of aliphatic hydroxyl groups is 1. The molecule has 0 aliphatic heterocycles. The molecule has 0 spiro atoms. The lowest BCUT2D eigenvalue weighted by atomic mass is 10.0. The Morgan fingerprint density at radius 2 is 1.54 bits per heavy atom. The van der Waals surface area contributed by atoms with E-state index in [9.17, 15) is 14.7 Å². The van der Waals surface area contributed by atoms with Crippen molar-refractivity contribution >= 4 is 11.9 Å². The molecule has 24 heavy (non-hydrogen) atoms. The highest BCUT2D eigenvalue weighted by Gasteiger charge is 2.21. The van der Waals surface area contributed by atoms with E-state index in [1.54, 1.807) is 30.3 Å². The molecule has 5 nitrogen and oxygen atoms in total. The number of hydrogen-bond donors (Lipinski definition) is 3. The Hall–Kier alpha value is -2.66. The van der Waals surface area contributed by atoms with Gasteiger partial charge in [0.1, 0.15) is 0 Å². The summed E-state index contributed by atoms with van der Waals surface area (Å²) in [6, 6.07) is 17.8. The molecular formula is C19H21NO4. The molecule has 0 bridgehead atoms. The van der Waals surface area contributed by atoms with Crippen LogP contribution >= 0.6 is 0 Å². The SMILES string of the molecule is O=C(O)CCC(Cc1ccccc1)NC(=O)[C@@H](O)c1ccccc1. The summed E-state index contributed by atoms with van der Waals surface area (Å²) < 4.78 is 0. The number of carbonyl (C=O) groups excluding carboxylic acids is 1. The first-order valence-electron chi connectivity index (χ1n) is 7.85. The van der Waals surface area contributed by atoms with E-state index in [0.717, 1.165) is 5.56 Å². The van der Waals surface area contributed by atoms with Crippen molar-refractivity contribution in [1.29, 1.82) is 0 Å². The first-order chi connectivity index (χ1) is 11.6. The van der Waals surface area contributed by atoms with Crippen LogP contribution in [-0.2, 0) is 16.0 Å². The predicted octanol–water partition coefficient (Wildman–Crippen LogP) is 2.31. The van der Waals surface area contributed by atoms with Gasteiger partial charge in [0.2, 0.25) is 0 Å². The summed E-state index contributed by atoms with van der Waals surface area (Å²) in [5.74, 6) is -1.43. The van der Waals surface area contributed by atoms with E-state index in [2.05, 4.69) is 5.32 Å². The molecule has 1 amide bonds. The van der Waals surface area contributed by atoms with Gasteiger partial charge in [-0.25, -0.2) is 0 Å². The standard InChI is InChI=1S/C19H21NO4/c21-17(22)12-11-16(13-14-7-3-1-4-8-14)20-19(24)18(23)15-9-5-2-6-10-15/h1-10,16,18,23H,11-13H2,(H,20,24)(H,21,22)/t16?,18-/m0/s1. The third kappa shape index (κ3) is 5.52. The highest BCUT2D eigenvalue weighted by Crippen LogP contribution is 2.14. The van der Waals surface area contributed by atoms with Gasteiger partial charge in [0.05, 0.1) is 0 Å². The molecule has 0 aliphatic rings. The summed E-state index contributed by atoms with van der Waals surface area (Å²) in [4.78, 5) is 23.1. The number of carbonyl (C=O) groups is 2. The lowest BCUT2D eigenvalue weighted by Gasteiger charge is -2.20. The molecule has 0 fully saturated rings. The summed E-state index contributed by atoms with van der Waals surface area (Å²) in [7, 11) is 0. The van der Waals surface area contributed by atoms with Gasteiger partial charge < -0.3 is 15.5 Å². The Morgan fingerprint density at radius 3 is 2.12 bits per heavy atom. The van der Waals surface area contributed by atoms with Crippen LogP contribution in [0.1, 0.15) is 30.1 Å². The van der Waals surface area contributed by atoms with Crippen LogP contribution in [0.3, 0.4) is 0 Å². The summed E-state index contributed by atoms with van der Waals surface area (Å²) in [5, 5.41) is 21.8. The van der Waals surface area contributed by atoms with Gasteiger partial charge >= 0.3 is 5.97 Å². The van der Waals surface area contributed by atoms with Crippen LogP contribution in [0.25, 0.3) is 0 Å². The number of nitrogens with one attached hydrogen (secondary N) is 1. The van der Waals surface area contributed by atoms with E-state index >= 15 is 0 Å². The van der Waals surface area contributed by atoms with Crippen molar-refractivity contribution < 1.29 is 19.8 Å². The highest BCUT2D eigenvalue weighted by atomic mass is 16.4. The maximum atomic E-state index is 12.3. The largest absolute Gasteiger partial charge is 0.481 e. The predicted molar refractivity (Wildman–Crippen MR) is 90.3 cm³/mol. The van der Waals surface area contributed by atoms with Crippen molar-refractivity contribution in [1.82, 2.24) is 5.32 Å². The lowest BCUT2D eigenvalue weighted by molar-refractivity contribution is -0.137. The number of carboxylic acids is 1. The van der Waals surface area contributed by atoms with Crippen LogP contribution < -0.4 is 5.32 Å². The zero-order valence-electron chi connectivity index (χ0n) is 13.3. The van der Waals surface area contributed by atoms with Crippen molar-refractivity contribution in [3.63, 3.8) is 0 Å². The molecule has 2 atom stereocenters. The van der Waals surface area contributed by atoms with Crippen LogP contribution in [0.5, 0.6) is 0 Å². The Kier molecular flexibility index (Phi) is 6.51. The van der Waals surface area contributed by atoms with Crippen LogP contribution in [0.15, 0.2) is 60.7 Å². The molecule has 2 rings (SSSR count). The molecule has 0 aromatic heterocycles. The highest BCUT2D eigenvalue weighted by molar-refractivity contribution is 5.82. The third-order valence-corrected chi connectivity index (χ3v) is 3.74. The van der Waals surface area contributed by atoms with Gasteiger partial charge in [0.15, 0.2) is 6.10 Å². The molecule has 0 saturated heterocycles. The molecule has 126 valence electrons. The lowest BCUT2D eigenvalue weighted by Crippen LogP contribution is -2.39. The minimum atomic E-state index is -1.27. The van der Waals surface area contributed by atoms with Gasteiger partial charge in [-0.2, -0.15) is 0 Å². The topological polar surface area (TPSA) is 86.6 Å². The molecule has 0 aliphatic carbocycles. The van der Waals surface area contributed by atoms with Gasteiger partial charge in [-0.05, 0) is 24.0 Å². The zero-order valence-corrected chi connectivity index (χ0v) is 13.3. The molecule has 1 unspecified atom stereocenters. The smallest absolute Gasteiger partial charge is 0.303 e. The summed E-state index contributed by atoms with van der Waals surface area (Å²) in [6.07, 6.45) is -0.493. The quantitative estimate of drug-likeness (QED) is 0.694. The van der Waals surface area contributed by atoms with E-state index in [1.807, 2.05) is 30.3 Å². The first-order valence-corrected chi connectivity index (χ1v) is 7.85. The van der Waals surface area contributed by atoms with Crippen LogP contribution in [-0.4, -0.2) is 28.1 Å². The Labute approximate surface area is 141 Å². The number of amides is 1. The maximum absolute atomic E-state index is 12.3. The number of aliphatic carboxylic acids is 1. The van der Waals surface area contributed by atoms with Crippen molar-refractivity contribution in [2.45, 2.75) is 31.4 Å². The second kappa shape index (κ2) is 8.84. The van der Waals surface area contributed by atoms with Crippen molar-refractivity contribution in [3.05, 3.63) is 71.8 Å². The fourth-order valence-corrected chi connectivity index (χ4v) is 2.49. The number of carboxylic acid groups (broad SMARTS) is 1. The van der Waals surface area contributed by atoms with Crippen LogP contribution in [0.4, 0.5) is 0 Å². The Balaban J connectivity index is 2.03. The fraction of sp³-hybridized carbons (Fsp3) is 0.263.